The monoisotopic (exact) mass is 323 g/mol. The fourth-order valence-electron chi connectivity index (χ4n) is 1.16. The third-order valence-electron chi connectivity index (χ3n) is 1.90. The number of nitrogens with zero attached hydrogens (tertiary/aromatic N) is 2. The van der Waals surface area contributed by atoms with E-state index in [1.807, 2.05) is 0 Å². The predicted molar refractivity (Wildman–Crippen MR) is 63.3 cm³/mol. The lowest BCUT2D eigenvalue weighted by Gasteiger charge is -2.01. The summed E-state index contributed by atoms with van der Waals surface area (Å²) in [6.45, 7) is 0.554. The van der Waals surface area contributed by atoms with E-state index in [4.69, 9.17) is 0 Å². The van der Waals surface area contributed by atoms with Gasteiger partial charge in [-0.2, -0.15) is 0 Å². The van der Waals surface area contributed by atoms with Crippen molar-refractivity contribution in [2.24, 2.45) is 7.05 Å². The van der Waals surface area contributed by atoms with Crippen molar-refractivity contribution >= 4 is 34.3 Å². The highest BCUT2D eigenvalue weighted by molar-refractivity contribution is 14.1. The molecule has 0 unspecified atom stereocenters. The number of carbonyl (C=O) groups is 1. The Morgan fingerprint density at radius 2 is 2.33 bits per heavy atom. The lowest BCUT2D eigenvalue weighted by Crippen LogP contribution is -2.27. The number of amides is 1. The van der Waals surface area contributed by atoms with Crippen LogP contribution in [0, 0.1) is 10.1 Å². The van der Waals surface area contributed by atoms with Gasteiger partial charge in [-0.15, -0.1) is 0 Å². The number of hydrogen-bond acceptors (Lipinski definition) is 3. The van der Waals surface area contributed by atoms with Gasteiger partial charge in [-0.1, -0.05) is 22.6 Å². The minimum Gasteiger partial charge on any atom is -0.358 e. The number of aromatic nitrogens is 1. The van der Waals surface area contributed by atoms with Gasteiger partial charge in [-0.05, 0) is 11.0 Å². The average Bonchev–Trinajstić information content (AvgIpc) is 2.56. The number of nitro groups is 1. The lowest BCUT2D eigenvalue weighted by atomic mass is 10.4. The number of alkyl halides is 1. The van der Waals surface area contributed by atoms with Gasteiger partial charge in [0, 0.05) is 17.0 Å². The molecule has 0 bridgehead atoms. The predicted octanol–water partition coefficient (Wildman–Crippen LogP) is 1.10. The maximum absolute atomic E-state index is 11.5. The van der Waals surface area contributed by atoms with Gasteiger partial charge < -0.3 is 15.4 Å². The lowest BCUT2D eigenvalue weighted by molar-refractivity contribution is -0.391. The zero-order valence-corrected chi connectivity index (χ0v) is 10.2. The van der Waals surface area contributed by atoms with Crippen LogP contribution in [0.5, 0.6) is 0 Å². The first kappa shape index (κ1) is 12.0. The maximum Gasteiger partial charge on any atom is 0.323 e. The number of rotatable bonds is 4. The van der Waals surface area contributed by atoms with E-state index >= 15 is 0 Å². The molecule has 0 radical (unpaired) electrons. The van der Waals surface area contributed by atoms with Gasteiger partial charge in [0.25, 0.3) is 5.91 Å². The van der Waals surface area contributed by atoms with Crippen molar-refractivity contribution in [3.05, 3.63) is 27.9 Å². The molecule has 1 heterocycles. The molecule has 0 aliphatic carbocycles. The first-order chi connectivity index (χ1) is 7.07. The van der Waals surface area contributed by atoms with Crippen LogP contribution in [0.3, 0.4) is 0 Å². The molecule has 82 valence electrons. The van der Waals surface area contributed by atoms with Crippen molar-refractivity contribution in [3.63, 3.8) is 0 Å². The summed E-state index contributed by atoms with van der Waals surface area (Å²) in [5.41, 5.74) is 0.298. The van der Waals surface area contributed by atoms with Crippen LogP contribution in [0.4, 0.5) is 5.82 Å². The average molecular weight is 323 g/mol. The maximum atomic E-state index is 11.5. The summed E-state index contributed by atoms with van der Waals surface area (Å²) in [4.78, 5) is 21.5. The first-order valence-electron chi connectivity index (χ1n) is 4.22. The van der Waals surface area contributed by atoms with E-state index in [1.165, 1.54) is 23.7 Å². The zero-order chi connectivity index (χ0) is 11.4. The Morgan fingerprint density at radius 3 is 2.80 bits per heavy atom. The number of hydrogen-bond donors (Lipinski definition) is 1. The van der Waals surface area contributed by atoms with Crippen molar-refractivity contribution in [2.45, 2.75) is 0 Å². The van der Waals surface area contributed by atoms with E-state index in [0.29, 0.717) is 12.2 Å². The van der Waals surface area contributed by atoms with E-state index in [1.54, 1.807) is 0 Å². The zero-order valence-electron chi connectivity index (χ0n) is 8.07. The standard InChI is InChI=1S/C8H10IN3O3/c1-11-6(8(13)10-5-4-9)2-3-7(11)12(14)15/h2-3H,4-5H2,1H3,(H,10,13). The van der Waals surface area contributed by atoms with Gasteiger partial charge in [0.1, 0.15) is 0 Å². The van der Waals surface area contributed by atoms with Crippen molar-refractivity contribution < 1.29 is 9.72 Å². The molecule has 1 amide bonds. The summed E-state index contributed by atoms with van der Waals surface area (Å²) in [6, 6.07) is 2.76. The highest BCUT2D eigenvalue weighted by Gasteiger charge is 2.19. The molecule has 6 nitrogen and oxygen atoms in total. The molecule has 15 heavy (non-hydrogen) atoms. The van der Waals surface area contributed by atoms with Gasteiger partial charge in [0.2, 0.25) is 0 Å². The molecule has 7 heteroatoms. The minimum absolute atomic E-state index is 0.0883. The summed E-state index contributed by atoms with van der Waals surface area (Å²) in [5.74, 6) is -0.378. The largest absolute Gasteiger partial charge is 0.358 e. The third kappa shape index (κ3) is 2.67. The molecular weight excluding hydrogens is 313 g/mol. The van der Waals surface area contributed by atoms with Crippen LogP contribution < -0.4 is 5.32 Å². The highest BCUT2D eigenvalue weighted by Crippen LogP contribution is 2.14. The van der Waals surface area contributed by atoms with E-state index in [0.717, 1.165) is 4.43 Å². The molecule has 0 saturated heterocycles. The van der Waals surface area contributed by atoms with Gasteiger partial charge in [0.05, 0.1) is 7.05 Å². The Morgan fingerprint density at radius 1 is 1.67 bits per heavy atom. The molecule has 0 aliphatic rings. The number of carbonyl (C=O) groups excluding carboxylic acids is 1. The molecular formula is C8H10IN3O3. The Kier molecular flexibility index (Phi) is 4.06. The van der Waals surface area contributed by atoms with Crippen molar-refractivity contribution in [1.29, 1.82) is 0 Å². The van der Waals surface area contributed by atoms with Gasteiger partial charge in [0.15, 0.2) is 5.69 Å². The van der Waals surface area contributed by atoms with Crippen LogP contribution in [0.2, 0.25) is 0 Å². The quantitative estimate of drug-likeness (QED) is 0.390. The summed E-state index contributed by atoms with van der Waals surface area (Å²) in [6.07, 6.45) is 0. The molecule has 1 aromatic rings. The van der Waals surface area contributed by atoms with E-state index < -0.39 is 4.92 Å². The highest BCUT2D eigenvalue weighted by atomic mass is 127. The Hall–Kier alpha value is -1.12. The molecule has 0 atom stereocenters. The normalized spacial score (nSPS) is 10.0. The summed E-state index contributed by atoms with van der Waals surface area (Å²) >= 11 is 2.13. The summed E-state index contributed by atoms with van der Waals surface area (Å²) in [7, 11) is 1.50. The fourth-order valence-corrected chi connectivity index (χ4v) is 1.43. The van der Waals surface area contributed by atoms with Gasteiger partial charge in [-0.3, -0.25) is 4.79 Å². The van der Waals surface area contributed by atoms with E-state index in [9.17, 15) is 14.9 Å². The van der Waals surface area contributed by atoms with Gasteiger partial charge >= 0.3 is 5.82 Å². The number of nitrogens with one attached hydrogen (secondary N) is 1. The molecule has 0 aromatic carbocycles. The van der Waals surface area contributed by atoms with Crippen molar-refractivity contribution in [2.75, 3.05) is 11.0 Å². The molecule has 0 spiro atoms. The molecule has 0 aliphatic heterocycles. The molecule has 1 N–H and O–H groups in total. The van der Waals surface area contributed by atoms with Crippen LogP contribution in [0.1, 0.15) is 10.5 Å². The van der Waals surface area contributed by atoms with E-state index in [2.05, 4.69) is 27.9 Å². The third-order valence-corrected chi connectivity index (χ3v) is 2.43. The molecule has 1 rings (SSSR count). The van der Waals surface area contributed by atoms with Gasteiger partial charge in [-0.25, -0.2) is 4.57 Å². The van der Waals surface area contributed by atoms with Crippen LogP contribution in [0.25, 0.3) is 0 Å². The second-order valence-corrected chi connectivity index (χ2v) is 3.92. The smallest absolute Gasteiger partial charge is 0.323 e. The van der Waals surface area contributed by atoms with Crippen LogP contribution >= 0.6 is 22.6 Å². The van der Waals surface area contributed by atoms with Crippen molar-refractivity contribution in [1.82, 2.24) is 9.88 Å². The van der Waals surface area contributed by atoms with Crippen LogP contribution in [0.15, 0.2) is 12.1 Å². The Bertz CT molecular complexity index is 388. The fraction of sp³-hybridized carbons (Fsp3) is 0.375. The van der Waals surface area contributed by atoms with E-state index in [-0.39, 0.29) is 11.7 Å². The minimum atomic E-state index is -0.519. The Labute approximate surface area is 99.9 Å². The second-order valence-electron chi connectivity index (χ2n) is 2.84. The second kappa shape index (κ2) is 5.10. The molecule has 1 aromatic heterocycles. The summed E-state index contributed by atoms with van der Waals surface area (Å²) < 4.78 is 2.07. The number of halogens is 1. The first-order valence-corrected chi connectivity index (χ1v) is 5.74. The molecule has 0 fully saturated rings. The topological polar surface area (TPSA) is 77.2 Å². The SMILES string of the molecule is Cn1c(C(=O)NCCI)ccc1[N+](=O)[O-]. The van der Waals surface area contributed by atoms with Crippen LogP contribution in [-0.4, -0.2) is 26.4 Å². The summed E-state index contributed by atoms with van der Waals surface area (Å²) in [5, 5.41) is 13.2. The van der Waals surface area contributed by atoms with Crippen LogP contribution in [-0.2, 0) is 7.05 Å². The molecule has 0 saturated carbocycles. The Balaban J connectivity index is 2.86. The van der Waals surface area contributed by atoms with Crippen molar-refractivity contribution in [3.8, 4) is 0 Å².